The number of anilines is 1. The van der Waals surface area contributed by atoms with E-state index in [1.165, 1.54) is 29.7 Å². The first-order valence-electron chi connectivity index (χ1n) is 8.41. The van der Waals surface area contributed by atoms with Crippen molar-refractivity contribution in [2.24, 2.45) is 0 Å². The molecule has 0 spiro atoms. The van der Waals surface area contributed by atoms with Crippen LogP contribution in [0.25, 0.3) is 0 Å². The monoisotopic (exact) mass is 290 g/mol. The Balaban J connectivity index is 1.98. The molecule has 0 aromatic heterocycles. The zero-order chi connectivity index (χ0) is 15.1. The quantitative estimate of drug-likeness (QED) is 0.832. The molecular formula is C18H30N2O. The van der Waals surface area contributed by atoms with Gasteiger partial charge in [0.15, 0.2) is 0 Å². The molecule has 0 amide bonds. The standard InChI is InChI=1S/C18H30N2O/c1-4-11-21-18-7-6-10-20(14-18)17-9-8-16(13-19-5-2)15(3)12-17/h8-9,12,18-19H,4-7,10-11,13-14H2,1-3H3. The maximum absolute atomic E-state index is 5.94. The lowest BCUT2D eigenvalue weighted by Crippen LogP contribution is -2.39. The number of ether oxygens (including phenoxy) is 1. The molecule has 0 bridgehead atoms. The number of hydrogen-bond donors (Lipinski definition) is 1. The summed E-state index contributed by atoms with van der Waals surface area (Å²) in [6, 6.07) is 6.86. The number of nitrogens with one attached hydrogen (secondary N) is 1. The third-order valence-electron chi connectivity index (χ3n) is 4.19. The minimum absolute atomic E-state index is 0.403. The lowest BCUT2D eigenvalue weighted by Gasteiger charge is -2.34. The van der Waals surface area contributed by atoms with Gasteiger partial charge in [0.1, 0.15) is 0 Å². The van der Waals surface area contributed by atoms with E-state index in [0.29, 0.717) is 6.10 Å². The van der Waals surface area contributed by atoms with Gasteiger partial charge in [-0.2, -0.15) is 0 Å². The molecule has 0 radical (unpaired) electrons. The van der Waals surface area contributed by atoms with Crippen LogP contribution in [0, 0.1) is 6.92 Å². The molecule has 21 heavy (non-hydrogen) atoms. The Bertz CT molecular complexity index is 433. The zero-order valence-corrected chi connectivity index (χ0v) is 13.8. The molecule has 118 valence electrons. The van der Waals surface area contributed by atoms with E-state index in [2.05, 4.69) is 49.2 Å². The van der Waals surface area contributed by atoms with Gasteiger partial charge in [0.25, 0.3) is 0 Å². The first kappa shape index (κ1) is 16.3. The van der Waals surface area contributed by atoms with Crippen LogP contribution in [0.15, 0.2) is 18.2 Å². The molecule has 1 aromatic carbocycles. The molecule has 1 unspecified atom stereocenters. The van der Waals surface area contributed by atoms with E-state index >= 15 is 0 Å². The molecule has 1 aliphatic rings. The van der Waals surface area contributed by atoms with E-state index in [0.717, 1.165) is 39.2 Å². The fourth-order valence-corrected chi connectivity index (χ4v) is 2.93. The van der Waals surface area contributed by atoms with Crippen LogP contribution in [0.5, 0.6) is 0 Å². The molecule has 3 nitrogen and oxygen atoms in total. The molecule has 1 heterocycles. The van der Waals surface area contributed by atoms with Crippen molar-refractivity contribution in [2.75, 3.05) is 31.1 Å². The number of aryl methyl sites for hydroxylation is 1. The van der Waals surface area contributed by atoms with E-state index in [-0.39, 0.29) is 0 Å². The molecule has 2 rings (SSSR count). The maximum Gasteiger partial charge on any atom is 0.0750 e. The van der Waals surface area contributed by atoms with Crippen molar-refractivity contribution in [3.63, 3.8) is 0 Å². The maximum atomic E-state index is 5.94. The van der Waals surface area contributed by atoms with Crippen molar-refractivity contribution in [1.82, 2.24) is 5.32 Å². The summed E-state index contributed by atoms with van der Waals surface area (Å²) in [7, 11) is 0. The second-order valence-corrected chi connectivity index (χ2v) is 5.97. The van der Waals surface area contributed by atoms with Gasteiger partial charge >= 0.3 is 0 Å². The summed E-state index contributed by atoms with van der Waals surface area (Å²) >= 11 is 0. The summed E-state index contributed by atoms with van der Waals surface area (Å²) in [4.78, 5) is 2.48. The zero-order valence-electron chi connectivity index (χ0n) is 13.8. The topological polar surface area (TPSA) is 24.5 Å². The van der Waals surface area contributed by atoms with Crippen LogP contribution in [0.1, 0.15) is 44.2 Å². The van der Waals surface area contributed by atoms with Gasteiger partial charge in [0.2, 0.25) is 0 Å². The molecule has 3 heteroatoms. The summed E-state index contributed by atoms with van der Waals surface area (Å²) in [6.07, 6.45) is 3.94. The Morgan fingerprint density at radius 2 is 2.19 bits per heavy atom. The number of rotatable bonds is 7. The lowest BCUT2D eigenvalue weighted by molar-refractivity contribution is 0.0440. The minimum Gasteiger partial charge on any atom is -0.376 e. The average Bonchev–Trinajstić information content (AvgIpc) is 2.52. The third-order valence-corrected chi connectivity index (χ3v) is 4.19. The average molecular weight is 290 g/mol. The van der Waals surface area contributed by atoms with Crippen molar-refractivity contribution in [3.8, 4) is 0 Å². The van der Waals surface area contributed by atoms with Gasteiger partial charge in [-0.3, -0.25) is 0 Å². The first-order valence-corrected chi connectivity index (χ1v) is 8.41. The minimum atomic E-state index is 0.403. The highest BCUT2D eigenvalue weighted by molar-refractivity contribution is 5.51. The van der Waals surface area contributed by atoms with Crippen LogP contribution in [-0.4, -0.2) is 32.3 Å². The van der Waals surface area contributed by atoms with Crippen LogP contribution in [0.4, 0.5) is 5.69 Å². The molecule has 1 aromatic rings. The highest BCUT2D eigenvalue weighted by Gasteiger charge is 2.20. The van der Waals surface area contributed by atoms with Gasteiger partial charge in [-0.05, 0) is 56.0 Å². The Morgan fingerprint density at radius 3 is 2.90 bits per heavy atom. The summed E-state index contributed by atoms with van der Waals surface area (Å²) in [5.41, 5.74) is 4.12. The van der Waals surface area contributed by atoms with Crippen LogP contribution >= 0.6 is 0 Å². The van der Waals surface area contributed by atoms with Gasteiger partial charge in [-0.15, -0.1) is 0 Å². The van der Waals surface area contributed by atoms with Crippen molar-refractivity contribution < 1.29 is 4.74 Å². The number of hydrogen-bond acceptors (Lipinski definition) is 3. The summed E-state index contributed by atoms with van der Waals surface area (Å²) in [6.45, 7) is 11.6. The number of benzene rings is 1. The third kappa shape index (κ3) is 4.72. The van der Waals surface area contributed by atoms with Gasteiger partial charge in [-0.1, -0.05) is 19.9 Å². The molecule has 1 aliphatic heterocycles. The molecule has 1 N–H and O–H groups in total. The lowest BCUT2D eigenvalue weighted by atomic mass is 10.0. The second kappa shape index (κ2) is 8.40. The molecule has 0 aliphatic carbocycles. The highest BCUT2D eigenvalue weighted by Crippen LogP contribution is 2.24. The van der Waals surface area contributed by atoms with Crippen molar-refractivity contribution in [1.29, 1.82) is 0 Å². The smallest absolute Gasteiger partial charge is 0.0750 e. The van der Waals surface area contributed by atoms with Crippen LogP contribution < -0.4 is 10.2 Å². The molecule has 0 saturated carbocycles. The summed E-state index contributed by atoms with van der Waals surface area (Å²) < 4.78 is 5.94. The highest BCUT2D eigenvalue weighted by atomic mass is 16.5. The predicted octanol–water partition coefficient (Wildman–Crippen LogP) is 3.50. The number of nitrogens with zero attached hydrogens (tertiary/aromatic N) is 1. The van der Waals surface area contributed by atoms with Crippen molar-refractivity contribution in [3.05, 3.63) is 29.3 Å². The van der Waals surface area contributed by atoms with Crippen molar-refractivity contribution in [2.45, 2.75) is 52.7 Å². The summed E-state index contributed by atoms with van der Waals surface area (Å²) in [5, 5.41) is 3.40. The van der Waals surface area contributed by atoms with Gasteiger partial charge in [-0.25, -0.2) is 0 Å². The second-order valence-electron chi connectivity index (χ2n) is 5.97. The fourth-order valence-electron chi connectivity index (χ4n) is 2.93. The largest absolute Gasteiger partial charge is 0.376 e. The van der Waals surface area contributed by atoms with E-state index < -0.39 is 0 Å². The van der Waals surface area contributed by atoms with Crippen LogP contribution in [-0.2, 0) is 11.3 Å². The van der Waals surface area contributed by atoms with Gasteiger partial charge < -0.3 is 15.0 Å². The Morgan fingerprint density at radius 1 is 1.33 bits per heavy atom. The van der Waals surface area contributed by atoms with Gasteiger partial charge in [0.05, 0.1) is 6.10 Å². The Hall–Kier alpha value is -1.06. The van der Waals surface area contributed by atoms with Crippen molar-refractivity contribution >= 4 is 5.69 Å². The van der Waals surface area contributed by atoms with E-state index in [9.17, 15) is 0 Å². The number of piperidine rings is 1. The molecule has 1 atom stereocenters. The van der Waals surface area contributed by atoms with Crippen LogP contribution in [0.2, 0.25) is 0 Å². The Kier molecular flexibility index (Phi) is 6.52. The Labute approximate surface area is 129 Å². The van der Waals surface area contributed by atoms with E-state index in [1.54, 1.807) is 0 Å². The summed E-state index contributed by atoms with van der Waals surface area (Å²) in [5.74, 6) is 0. The van der Waals surface area contributed by atoms with Crippen LogP contribution in [0.3, 0.4) is 0 Å². The van der Waals surface area contributed by atoms with Gasteiger partial charge in [0, 0.05) is 31.9 Å². The van der Waals surface area contributed by atoms with E-state index in [4.69, 9.17) is 4.74 Å². The van der Waals surface area contributed by atoms with E-state index in [1.807, 2.05) is 0 Å². The normalized spacial score (nSPS) is 19.0. The molecule has 1 saturated heterocycles. The molecule has 1 fully saturated rings. The predicted molar refractivity (Wildman–Crippen MR) is 90.0 cm³/mol. The first-order chi connectivity index (χ1) is 10.2. The fraction of sp³-hybridized carbons (Fsp3) is 0.667. The SMILES string of the molecule is CCCOC1CCCN(c2ccc(CNCC)c(C)c2)C1. The molecular weight excluding hydrogens is 260 g/mol.